The maximum absolute atomic E-state index is 11.9. The highest BCUT2D eigenvalue weighted by Gasteiger charge is 2.44. The highest BCUT2D eigenvalue weighted by molar-refractivity contribution is 6.18. The van der Waals surface area contributed by atoms with Crippen molar-refractivity contribution in [3.05, 3.63) is 18.1 Å². The van der Waals surface area contributed by atoms with Crippen LogP contribution in [0.15, 0.2) is 17.6 Å². The van der Waals surface area contributed by atoms with Crippen molar-refractivity contribution in [3.8, 4) is 0 Å². The Kier molecular flexibility index (Phi) is 4.30. The Balaban J connectivity index is 1.84. The lowest BCUT2D eigenvalue weighted by atomic mass is 10.1. The highest BCUT2D eigenvalue weighted by atomic mass is 16.6. The van der Waals surface area contributed by atoms with Gasteiger partial charge in [0, 0.05) is 19.7 Å². The maximum atomic E-state index is 11.9. The first-order valence-corrected chi connectivity index (χ1v) is 8.56. The normalized spacial score (nSPS) is 27.1. The van der Waals surface area contributed by atoms with Gasteiger partial charge >= 0.3 is 0 Å². The number of amides is 1. The number of carbonyl (C=O) groups excluding carboxylic acids is 1. The number of nitrogens with zero attached hydrogens (tertiary/aromatic N) is 5. The zero-order valence-corrected chi connectivity index (χ0v) is 14.8. The molecule has 27 heavy (non-hydrogen) atoms. The molecule has 0 spiro atoms. The molecular weight excluding hydrogens is 356 g/mol. The number of hydrogen-bond donors (Lipinski definition) is 4. The third-order valence-electron chi connectivity index (χ3n) is 4.77. The molecule has 0 bridgehead atoms. The number of amidine groups is 1. The van der Waals surface area contributed by atoms with E-state index in [-0.39, 0.29) is 5.91 Å². The molecule has 4 heterocycles. The minimum absolute atomic E-state index is 0.198. The summed E-state index contributed by atoms with van der Waals surface area (Å²) >= 11 is 0. The van der Waals surface area contributed by atoms with E-state index in [1.807, 2.05) is 0 Å². The molecule has 0 aliphatic carbocycles. The molecule has 4 atom stereocenters. The second kappa shape index (κ2) is 6.53. The summed E-state index contributed by atoms with van der Waals surface area (Å²) < 4.78 is 7.19. The molecule has 1 fully saturated rings. The van der Waals surface area contributed by atoms with Gasteiger partial charge in [0.25, 0.3) is 0 Å². The quantitative estimate of drug-likeness (QED) is 0.516. The van der Waals surface area contributed by atoms with Gasteiger partial charge in [-0.05, 0) is 0 Å². The van der Waals surface area contributed by atoms with Gasteiger partial charge in [-0.3, -0.25) is 4.79 Å². The lowest BCUT2D eigenvalue weighted by Crippen LogP contribution is -2.34. The molecule has 0 saturated carbocycles. The summed E-state index contributed by atoms with van der Waals surface area (Å²) in [6.07, 6.45) is -1.06. The third-order valence-corrected chi connectivity index (χ3v) is 4.77. The summed E-state index contributed by atoms with van der Waals surface area (Å²) in [5.74, 6) is 0.674. The van der Waals surface area contributed by atoms with Gasteiger partial charge in [-0.15, -0.1) is 0 Å². The van der Waals surface area contributed by atoms with Crippen molar-refractivity contribution in [1.29, 1.82) is 0 Å². The van der Waals surface area contributed by atoms with E-state index >= 15 is 0 Å². The molecular formula is C16H20N6O5. The van der Waals surface area contributed by atoms with Crippen LogP contribution in [0.1, 0.15) is 25.1 Å². The number of aliphatic hydroxyl groups excluding tert-OH is 3. The molecule has 1 amide bonds. The van der Waals surface area contributed by atoms with E-state index in [1.54, 1.807) is 24.7 Å². The van der Waals surface area contributed by atoms with Gasteiger partial charge in [0.2, 0.25) is 5.91 Å². The van der Waals surface area contributed by atoms with Gasteiger partial charge in [0.05, 0.1) is 17.6 Å². The Bertz CT molecular complexity index is 927. The number of ether oxygens (including phenoxy) is 1. The summed E-state index contributed by atoms with van der Waals surface area (Å²) in [5.41, 5.74) is 1.04. The summed E-state index contributed by atoms with van der Waals surface area (Å²) in [6, 6.07) is 0. The Morgan fingerprint density at radius 1 is 1.33 bits per heavy atom. The molecule has 2 aromatic rings. The van der Waals surface area contributed by atoms with Crippen LogP contribution in [0.3, 0.4) is 0 Å². The number of hydrogen-bond acceptors (Lipinski definition) is 9. The lowest BCUT2D eigenvalue weighted by Gasteiger charge is -2.20. The number of carbonyl (C=O) groups is 1. The predicted octanol–water partition coefficient (Wildman–Crippen LogP) is -1.32. The van der Waals surface area contributed by atoms with E-state index in [2.05, 4.69) is 20.4 Å². The number of anilines is 1. The molecule has 2 aliphatic heterocycles. The average Bonchev–Trinajstić information content (AvgIpc) is 3.18. The van der Waals surface area contributed by atoms with Crippen molar-refractivity contribution in [2.24, 2.45) is 5.10 Å². The number of hydrazone groups is 1. The maximum Gasteiger partial charge on any atom is 0.225 e. The average molecular weight is 376 g/mol. The van der Waals surface area contributed by atoms with Gasteiger partial charge in [0.15, 0.2) is 17.9 Å². The molecule has 0 aromatic carbocycles. The second-order valence-electron chi connectivity index (χ2n) is 6.45. The first-order valence-electron chi connectivity index (χ1n) is 8.56. The van der Waals surface area contributed by atoms with Crippen LogP contribution < -0.4 is 10.3 Å². The van der Waals surface area contributed by atoms with Crippen LogP contribution in [0.5, 0.6) is 0 Å². The van der Waals surface area contributed by atoms with Gasteiger partial charge in [-0.25, -0.2) is 15.0 Å². The first-order chi connectivity index (χ1) is 13.0. The van der Waals surface area contributed by atoms with Gasteiger partial charge < -0.3 is 29.9 Å². The van der Waals surface area contributed by atoms with Gasteiger partial charge in [0.1, 0.15) is 30.3 Å². The fourth-order valence-electron chi connectivity index (χ4n) is 3.36. The van der Waals surface area contributed by atoms with Crippen molar-refractivity contribution in [1.82, 2.24) is 19.9 Å². The zero-order chi connectivity index (χ0) is 19.3. The monoisotopic (exact) mass is 376 g/mol. The topological polar surface area (TPSA) is 145 Å². The third kappa shape index (κ3) is 2.67. The Hall–Kier alpha value is -2.60. The SMILES string of the molecule is CCC(=O)NC1=NN(C)c2ncnc3c2c1cn3C1O[C@H](CO)[C@@H](O)[C@H]1O. The van der Waals surface area contributed by atoms with E-state index in [1.165, 1.54) is 11.3 Å². The van der Waals surface area contributed by atoms with Crippen molar-refractivity contribution >= 4 is 28.6 Å². The number of aliphatic hydroxyl groups is 3. The van der Waals surface area contributed by atoms with Crippen LogP contribution in [-0.4, -0.2) is 73.6 Å². The van der Waals surface area contributed by atoms with Crippen molar-refractivity contribution in [3.63, 3.8) is 0 Å². The zero-order valence-electron chi connectivity index (χ0n) is 14.8. The predicted molar refractivity (Wildman–Crippen MR) is 93.9 cm³/mol. The van der Waals surface area contributed by atoms with Gasteiger partial charge in [-0.1, -0.05) is 6.92 Å². The van der Waals surface area contributed by atoms with E-state index in [0.717, 1.165) is 0 Å². The number of nitrogens with one attached hydrogen (secondary N) is 1. The minimum Gasteiger partial charge on any atom is -0.394 e. The van der Waals surface area contributed by atoms with Crippen LogP contribution in [0, 0.1) is 0 Å². The van der Waals surface area contributed by atoms with Crippen LogP contribution in [0.4, 0.5) is 5.82 Å². The van der Waals surface area contributed by atoms with Crippen LogP contribution >= 0.6 is 0 Å². The second-order valence-corrected chi connectivity index (χ2v) is 6.45. The molecule has 11 nitrogen and oxygen atoms in total. The minimum atomic E-state index is -1.26. The van der Waals surface area contributed by atoms with Crippen LogP contribution in [0.25, 0.3) is 11.0 Å². The van der Waals surface area contributed by atoms with Crippen LogP contribution in [-0.2, 0) is 9.53 Å². The Labute approximate surface area is 153 Å². The molecule has 2 aliphatic rings. The van der Waals surface area contributed by atoms with Crippen molar-refractivity contribution < 1.29 is 24.9 Å². The summed E-state index contributed by atoms with van der Waals surface area (Å²) in [4.78, 5) is 20.4. The molecule has 1 unspecified atom stereocenters. The van der Waals surface area contributed by atoms with E-state index in [0.29, 0.717) is 34.7 Å². The van der Waals surface area contributed by atoms with Gasteiger partial charge in [-0.2, -0.15) is 5.10 Å². The molecule has 4 rings (SSSR count). The van der Waals surface area contributed by atoms with E-state index in [9.17, 15) is 20.1 Å². The number of aromatic nitrogens is 3. The lowest BCUT2D eigenvalue weighted by molar-refractivity contribution is -0.119. The fourth-order valence-corrected chi connectivity index (χ4v) is 3.36. The summed E-state index contributed by atoms with van der Waals surface area (Å²) in [7, 11) is 1.70. The van der Waals surface area contributed by atoms with Crippen molar-refractivity contribution in [2.75, 3.05) is 18.7 Å². The molecule has 2 aromatic heterocycles. The summed E-state index contributed by atoms with van der Waals surface area (Å²) in [5, 5.41) is 39.1. The van der Waals surface area contributed by atoms with Crippen molar-refractivity contribution in [2.45, 2.75) is 37.9 Å². The smallest absolute Gasteiger partial charge is 0.225 e. The van der Waals surface area contributed by atoms with E-state index in [4.69, 9.17) is 4.74 Å². The number of rotatable bonds is 3. The molecule has 4 N–H and O–H groups in total. The Morgan fingerprint density at radius 3 is 2.78 bits per heavy atom. The molecule has 1 saturated heterocycles. The largest absolute Gasteiger partial charge is 0.394 e. The molecule has 0 radical (unpaired) electrons. The summed E-state index contributed by atoms with van der Waals surface area (Å²) in [6.45, 7) is 1.31. The Morgan fingerprint density at radius 2 is 2.11 bits per heavy atom. The van der Waals surface area contributed by atoms with E-state index < -0.39 is 31.1 Å². The highest BCUT2D eigenvalue weighted by Crippen LogP contribution is 2.37. The standard InChI is InChI=1S/C16H20N6O5/c1-3-9(24)19-13-7-4-22(16-12(26)11(25)8(5-23)27-16)15-10(7)14(17-6-18-15)21(2)20-13/h4,6,8,11-12,16,23,25-26H,3,5H2,1-2H3,(H,19,20,24)/t8-,11-,12-,16?/m1/s1. The molecule has 144 valence electrons. The first kappa shape index (κ1) is 17.8. The van der Waals surface area contributed by atoms with Crippen LogP contribution in [0.2, 0.25) is 0 Å². The fraction of sp³-hybridized carbons (Fsp3) is 0.500. The molecule has 11 heteroatoms.